The predicted octanol–water partition coefficient (Wildman–Crippen LogP) is 2.01. The first-order valence-corrected chi connectivity index (χ1v) is 8.52. The van der Waals surface area contributed by atoms with Crippen molar-refractivity contribution in [3.05, 3.63) is 61.3 Å². The number of benzene rings is 1. The third-order valence-corrected chi connectivity index (χ3v) is 5.00. The summed E-state index contributed by atoms with van der Waals surface area (Å²) < 4.78 is 2.27. The van der Waals surface area contributed by atoms with E-state index in [4.69, 9.17) is 0 Å². The van der Waals surface area contributed by atoms with Crippen molar-refractivity contribution in [3.63, 3.8) is 0 Å². The lowest BCUT2D eigenvalue weighted by atomic mass is 9.89. The Morgan fingerprint density at radius 3 is 2.48 bits per heavy atom. The lowest BCUT2D eigenvalue weighted by molar-refractivity contribution is 0.674. The van der Waals surface area contributed by atoms with Crippen molar-refractivity contribution in [1.29, 1.82) is 5.26 Å². The van der Waals surface area contributed by atoms with Crippen molar-refractivity contribution < 1.29 is 0 Å². The van der Waals surface area contributed by atoms with Crippen molar-refractivity contribution in [2.24, 2.45) is 14.1 Å². The van der Waals surface area contributed by atoms with E-state index < -0.39 is 11.2 Å². The third-order valence-electron chi connectivity index (χ3n) is 5.00. The summed E-state index contributed by atoms with van der Waals surface area (Å²) in [6.45, 7) is 1.97. The molecule has 25 heavy (non-hydrogen) atoms. The number of anilines is 1. The highest BCUT2D eigenvalue weighted by Crippen LogP contribution is 2.26. The molecule has 0 bridgehead atoms. The lowest BCUT2D eigenvalue weighted by Crippen LogP contribution is -2.40. The Kier molecular flexibility index (Phi) is 4.49. The van der Waals surface area contributed by atoms with Gasteiger partial charge in [-0.15, -0.1) is 0 Å². The molecule has 1 unspecified atom stereocenters. The molecule has 6 heteroatoms. The van der Waals surface area contributed by atoms with E-state index in [-0.39, 0.29) is 17.4 Å². The highest BCUT2D eigenvalue weighted by atomic mass is 16.2. The molecule has 1 aliphatic rings. The van der Waals surface area contributed by atoms with Gasteiger partial charge in [-0.3, -0.25) is 13.9 Å². The summed E-state index contributed by atoms with van der Waals surface area (Å²) in [5.74, 6) is 0.265. The monoisotopic (exact) mass is 338 g/mol. The number of nitrogens with one attached hydrogen (secondary N) is 1. The van der Waals surface area contributed by atoms with E-state index in [9.17, 15) is 14.9 Å². The van der Waals surface area contributed by atoms with E-state index >= 15 is 0 Å². The normalized spacial score (nSPS) is 14.5. The van der Waals surface area contributed by atoms with Crippen molar-refractivity contribution in [1.82, 2.24) is 9.13 Å². The molecular weight excluding hydrogens is 316 g/mol. The van der Waals surface area contributed by atoms with Gasteiger partial charge in [0.05, 0.1) is 0 Å². The molecule has 1 heterocycles. The van der Waals surface area contributed by atoms with Gasteiger partial charge in [0.15, 0.2) is 5.56 Å². The summed E-state index contributed by atoms with van der Waals surface area (Å²) in [5, 5.41) is 12.6. The first-order valence-electron chi connectivity index (χ1n) is 8.52. The topological polar surface area (TPSA) is 79.8 Å². The molecule has 0 saturated carbocycles. The van der Waals surface area contributed by atoms with Crippen LogP contribution in [-0.2, 0) is 26.9 Å². The van der Waals surface area contributed by atoms with Crippen LogP contribution in [0.25, 0.3) is 0 Å². The number of fused-ring (bicyclic) bond motifs is 1. The van der Waals surface area contributed by atoms with E-state index in [1.807, 2.05) is 13.0 Å². The van der Waals surface area contributed by atoms with Gasteiger partial charge in [-0.25, -0.2) is 4.79 Å². The maximum absolute atomic E-state index is 12.2. The Morgan fingerprint density at radius 1 is 1.12 bits per heavy atom. The number of nitriles is 1. The average Bonchev–Trinajstić information content (AvgIpc) is 2.64. The van der Waals surface area contributed by atoms with Crippen LogP contribution in [0.3, 0.4) is 0 Å². The van der Waals surface area contributed by atoms with Crippen LogP contribution in [-0.4, -0.2) is 9.13 Å². The molecule has 6 nitrogen and oxygen atoms in total. The van der Waals surface area contributed by atoms with Crippen molar-refractivity contribution in [2.75, 3.05) is 5.32 Å². The Labute approximate surface area is 146 Å². The smallest absolute Gasteiger partial charge is 0.332 e. The molecule has 3 rings (SSSR count). The van der Waals surface area contributed by atoms with Gasteiger partial charge in [0.25, 0.3) is 5.56 Å². The highest BCUT2D eigenvalue weighted by molar-refractivity contribution is 5.53. The number of hydrogen-bond donors (Lipinski definition) is 1. The van der Waals surface area contributed by atoms with Gasteiger partial charge in [0.2, 0.25) is 0 Å². The van der Waals surface area contributed by atoms with E-state index in [2.05, 4.69) is 23.5 Å². The lowest BCUT2D eigenvalue weighted by Gasteiger charge is -2.22. The van der Waals surface area contributed by atoms with Crippen LogP contribution in [0.15, 0.2) is 27.8 Å². The molecule has 130 valence electrons. The molecule has 0 saturated heterocycles. The second-order valence-corrected chi connectivity index (χ2v) is 6.64. The number of rotatable bonds is 3. The van der Waals surface area contributed by atoms with E-state index in [1.54, 1.807) is 7.05 Å². The quantitative estimate of drug-likeness (QED) is 0.928. The predicted molar refractivity (Wildman–Crippen MR) is 96.8 cm³/mol. The molecule has 0 spiro atoms. The molecule has 1 aromatic heterocycles. The van der Waals surface area contributed by atoms with Crippen molar-refractivity contribution in [2.45, 2.75) is 38.6 Å². The van der Waals surface area contributed by atoms with Gasteiger partial charge in [-0.1, -0.05) is 18.2 Å². The summed E-state index contributed by atoms with van der Waals surface area (Å²) in [7, 11) is 2.94. The fraction of sp³-hybridized carbons (Fsp3) is 0.421. The Hall–Kier alpha value is -2.81. The summed E-state index contributed by atoms with van der Waals surface area (Å²) in [6, 6.07) is 8.23. The van der Waals surface area contributed by atoms with Gasteiger partial charge < -0.3 is 5.32 Å². The van der Waals surface area contributed by atoms with Gasteiger partial charge in [0, 0.05) is 20.1 Å². The molecule has 1 atom stereocenters. The van der Waals surface area contributed by atoms with E-state index in [0.29, 0.717) is 0 Å². The maximum atomic E-state index is 12.2. The Bertz CT molecular complexity index is 979. The van der Waals surface area contributed by atoms with Crippen LogP contribution in [0, 0.1) is 11.3 Å². The molecule has 0 fully saturated rings. The SMILES string of the molecule is CC(Nc1c(C#N)c(=O)n(C)c(=O)n1C)c1ccc2c(c1)CCCC2. The van der Waals surface area contributed by atoms with Gasteiger partial charge in [0.1, 0.15) is 11.9 Å². The third kappa shape index (κ3) is 2.98. The highest BCUT2D eigenvalue weighted by Gasteiger charge is 2.18. The molecule has 1 aliphatic carbocycles. The van der Waals surface area contributed by atoms with Crippen molar-refractivity contribution in [3.8, 4) is 6.07 Å². The Balaban J connectivity index is 1.99. The van der Waals surface area contributed by atoms with Gasteiger partial charge in [-0.05, 0) is 49.3 Å². The summed E-state index contributed by atoms with van der Waals surface area (Å²) in [4.78, 5) is 24.4. The van der Waals surface area contributed by atoms with Crippen molar-refractivity contribution >= 4 is 5.82 Å². The average molecular weight is 338 g/mol. The molecule has 0 aliphatic heterocycles. The Morgan fingerprint density at radius 2 is 1.80 bits per heavy atom. The van der Waals surface area contributed by atoms with Crippen LogP contribution in [0.5, 0.6) is 0 Å². The number of aryl methyl sites for hydroxylation is 2. The standard InChI is InChI=1S/C19H22N4O2/c1-12(14-9-8-13-6-4-5-7-15(13)10-14)21-17-16(11-20)18(24)23(3)19(25)22(17)2/h8-10,12,21H,4-7H2,1-3H3. The number of nitrogens with zero attached hydrogens (tertiary/aromatic N) is 3. The molecule has 2 aromatic rings. The second kappa shape index (κ2) is 6.60. The van der Waals surface area contributed by atoms with Crippen LogP contribution < -0.4 is 16.6 Å². The zero-order valence-electron chi connectivity index (χ0n) is 14.8. The maximum Gasteiger partial charge on any atom is 0.332 e. The van der Waals surface area contributed by atoms with E-state index in [0.717, 1.165) is 23.0 Å². The zero-order valence-corrected chi connectivity index (χ0v) is 14.8. The zero-order chi connectivity index (χ0) is 18.1. The molecule has 1 N–H and O–H groups in total. The van der Waals surface area contributed by atoms with Crippen LogP contribution in [0.1, 0.15) is 48.1 Å². The van der Waals surface area contributed by atoms with Gasteiger partial charge >= 0.3 is 5.69 Å². The minimum absolute atomic E-state index is 0.0468. The first kappa shape index (κ1) is 17.0. The molecule has 0 radical (unpaired) electrons. The minimum atomic E-state index is -0.578. The molecule has 1 aromatic carbocycles. The summed E-state index contributed by atoms with van der Waals surface area (Å²) in [6.07, 6.45) is 4.66. The van der Waals surface area contributed by atoms with E-state index in [1.165, 1.54) is 35.6 Å². The fourth-order valence-electron chi connectivity index (χ4n) is 3.43. The van der Waals surface area contributed by atoms with Crippen LogP contribution in [0.2, 0.25) is 0 Å². The van der Waals surface area contributed by atoms with Gasteiger partial charge in [-0.2, -0.15) is 5.26 Å². The number of aromatic nitrogens is 2. The second-order valence-electron chi connectivity index (χ2n) is 6.64. The summed E-state index contributed by atoms with van der Waals surface area (Å²) in [5.41, 5.74) is 2.78. The fourth-order valence-corrected chi connectivity index (χ4v) is 3.43. The molecular formula is C19H22N4O2. The minimum Gasteiger partial charge on any atom is -0.364 e. The largest absolute Gasteiger partial charge is 0.364 e. The summed E-state index contributed by atoms with van der Waals surface area (Å²) >= 11 is 0. The van der Waals surface area contributed by atoms with Crippen LogP contribution >= 0.6 is 0 Å². The first-order chi connectivity index (χ1) is 11.9. The van der Waals surface area contributed by atoms with Crippen LogP contribution in [0.4, 0.5) is 5.82 Å². The number of hydrogen-bond acceptors (Lipinski definition) is 4. The molecule has 0 amide bonds.